The van der Waals surface area contributed by atoms with E-state index in [0.29, 0.717) is 31.6 Å². The minimum absolute atomic E-state index is 0.0256. The molecule has 148 valence electrons. The Hall–Kier alpha value is -2.83. The van der Waals surface area contributed by atoms with Crippen LogP contribution in [0.15, 0.2) is 18.2 Å². The van der Waals surface area contributed by atoms with Gasteiger partial charge in [0, 0.05) is 37.5 Å². The molecule has 2 atom stereocenters. The Morgan fingerprint density at radius 3 is 2.71 bits per heavy atom. The Kier molecular flexibility index (Phi) is 4.61. The molecule has 2 N–H and O–H groups in total. The van der Waals surface area contributed by atoms with Crippen LogP contribution in [0.5, 0.6) is 0 Å². The summed E-state index contributed by atoms with van der Waals surface area (Å²) in [6.45, 7) is 5.25. The number of aryl methyl sites for hydroxylation is 2. The van der Waals surface area contributed by atoms with Crippen LogP contribution >= 0.6 is 0 Å². The van der Waals surface area contributed by atoms with Gasteiger partial charge in [0.2, 0.25) is 11.8 Å². The first-order valence-electron chi connectivity index (χ1n) is 9.79. The van der Waals surface area contributed by atoms with E-state index in [4.69, 9.17) is 0 Å². The number of fused-ring (bicyclic) bond motifs is 1. The number of rotatable bonds is 3. The highest BCUT2D eigenvalue weighted by Crippen LogP contribution is 2.25. The second kappa shape index (κ2) is 6.96. The summed E-state index contributed by atoms with van der Waals surface area (Å²) in [5.74, 6) is -0.174. The number of aromatic nitrogens is 1. The SMILES string of the molecule is Cc1ccc2[nH]c(C(=O)N3CCC(N(C)C(=O)[C@@H]4CCC(=O)N4)C3)cc2c1C. The van der Waals surface area contributed by atoms with Crippen LogP contribution in [0.1, 0.15) is 40.9 Å². The van der Waals surface area contributed by atoms with Gasteiger partial charge in [0.25, 0.3) is 5.91 Å². The lowest BCUT2D eigenvalue weighted by Crippen LogP contribution is -2.48. The maximum atomic E-state index is 13.0. The summed E-state index contributed by atoms with van der Waals surface area (Å²) >= 11 is 0. The van der Waals surface area contributed by atoms with Crippen molar-refractivity contribution in [2.45, 2.75) is 45.2 Å². The average molecular weight is 382 g/mol. The van der Waals surface area contributed by atoms with E-state index >= 15 is 0 Å². The van der Waals surface area contributed by atoms with Gasteiger partial charge in [-0.15, -0.1) is 0 Å². The van der Waals surface area contributed by atoms with Crippen LogP contribution in [0.4, 0.5) is 0 Å². The van der Waals surface area contributed by atoms with Gasteiger partial charge in [0.15, 0.2) is 0 Å². The van der Waals surface area contributed by atoms with Gasteiger partial charge in [-0.2, -0.15) is 0 Å². The molecule has 4 rings (SSSR count). The third-order valence-corrected chi connectivity index (χ3v) is 6.21. The summed E-state index contributed by atoms with van der Waals surface area (Å²) in [5, 5.41) is 3.80. The average Bonchev–Trinajstić information content (AvgIpc) is 3.42. The largest absolute Gasteiger partial charge is 0.351 e. The fraction of sp³-hybridized carbons (Fsp3) is 0.476. The van der Waals surface area contributed by atoms with Gasteiger partial charge in [0.1, 0.15) is 11.7 Å². The van der Waals surface area contributed by atoms with Crippen molar-refractivity contribution < 1.29 is 14.4 Å². The molecule has 0 bridgehead atoms. The molecular weight excluding hydrogens is 356 g/mol. The molecule has 1 unspecified atom stereocenters. The second-order valence-electron chi connectivity index (χ2n) is 7.95. The van der Waals surface area contributed by atoms with Gasteiger partial charge >= 0.3 is 0 Å². The van der Waals surface area contributed by atoms with Gasteiger partial charge in [-0.05, 0) is 49.9 Å². The van der Waals surface area contributed by atoms with Crippen LogP contribution in [0, 0.1) is 13.8 Å². The van der Waals surface area contributed by atoms with E-state index in [1.165, 1.54) is 11.1 Å². The quantitative estimate of drug-likeness (QED) is 0.848. The van der Waals surface area contributed by atoms with E-state index in [1.54, 1.807) is 16.8 Å². The normalized spacial score (nSPS) is 22.0. The summed E-state index contributed by atoms with van der Waals surface area (Å²) in [4.78, 5) is 43.7. The van der Waals surface area contributed by atoms with E-state index in [9.17, 15) is 14.4 Å². The molecule has 2 aliphatic rings. The minimum atomic E-state index is -0.429. The van der Waals surface area contributed by atoms with Gasteiger partial charge < -0.3 is 20.1 Å². The molecule has 2 fully saturated rings. The first kappa shape index (κ1) is 18.5. The molecule has 1 aromatic heterocycles. The Morgan fingerprint density at radius 1 is 1.21 bits per heavy atom. The molecular formula is C21H26N4O3. The number of hydrogen-bond acceptors (Lipinski definition) is 3. The Labute approximate surface area is 164 Å². The van der Waals surface area contributed by atoms with Gasteiger partial charge in [0.05, 0.1) is 6.04 Å². The molecule has 3 heterocycles. The molecule has 1 aromatic carbocycles. The second-order valence-corrected chi connectivity index (χ2v) is 7.95. The first-order valence-corrected chi connectivity index (χ1v) is 9.79. The number of H-pyrrole nitrogens is 1. The highest BCUT2D eigenvalue weighted by Gasteiger charge is 2.36. The molecule has 0 saturated carbocycles. The van der Waals surface area contributed by atoms with Crippen molar-refractivity contribution in [2.75, 3.05) is 20.1 Å². The number of likely N-dealkylation sites (tertiary alicyclic amines) is 1. The fourth-order valence-electron chi connectivity index (χ4n) is 4.21. The van der Waals surface area contributed by atoms with Crippen LogP contribution in [0.2, 0.25) is 0 Å². The maximum absolute atomic E-state index is 13.0. The lowest BCUT2D eigenvalue weighted by Gasteiger charge is -2.27. The number of carbonyl (C=O) groups excluding carboxylic acids is 3. The zero-order chi connectivity index (χ0) is 20.0. The Balaban J connectivity index is 1.45. The first-order chi connectivity index (χ1) is 13.3. The van der Waals surface area contributed by atoms with Crippen molar-refractivity contribution in [3.8, 4) is 0 Å². The number of nitrogens with zero attached hydrogens (tertiary/aromatic N) is 2. The van der Waals surface area contributed by atoms with Crippen LogP contribution in [0.3, 0.4) is 0 Å². The maximum Gasteiger partial charge on any atom is 0.270 e. The topological polar surface area (TPSA) is 85.5 Å². The summed E-state index contributed by atoms with van der Waals surface area (Å²) in [7, 11) is 1.76. The molecule has 7 nitrogen and oxygen atoms in total. The molecule has 3 amide bonds. The number of hydrogen-bond donors (Lipinski definition) is 2. The zero-order valence-electron chi connectivity index (χ0n) is 16.5. The number of likely N-dealkylation sites (N-methyl/N-ethyl adjacent to an activating group) is 1. The lowest BCUT2D eigenvalue weighted by atomic mass is 10.1. The highest BCUT2D eigenvalue weighted by molar-refractivity contribution is 5.99. The van der Waals surface area contributed by atoms with Crippen LogP contribution < -0.4 is 5.32 Å². The van der Waals surface area contributed by atoms with E-state index in [2.05, 4.69) is 30.2 Å². The molecule has 0 aliphatic carbocycles. The van der Waals surface area contributed by atoms with Crippen LogP contribution in [0.25, 0.3) is 10.9 Å². The molecule has 7 heteroatoms. The predicted molar refractivity (Wildman–Crippen MR) is 106 cm³/mol. The van der Waals surface area contributed by atoms with Crippen molar-refractivity contribution in [3.05, 3.63) is 35.0 Å². The zero-order valence-corrected chi connectivity index (χ0v) is 16.5. The van der Waals surface area contributed by atoms with Crippen molar-refractivity contribution in [1.82, 2.24) is 20.1 Å². The van der Waals surface area contributed by atoms with Crippen molar-refractivity contribution >= 4 is 28.6 Å². The Bertz CT molecular complexity index is 964. The fourth-order valence-corrected chi connectivity index (χ4v) is 4.21. The summed E-state index contributed by atoms with van der Waals surface area (Å²) < 4.78 is 0. The van der Waals surface area contributed by atoms with Crippen LogP contribution in [-0.2, 0) is 9.59 Å². The van der Waals surface area contributed by atoms with Crippen molar-refractivity contribution in [2.24, 2.45) is 0 Å². The van der Waals surface area contributed by atoms with E-state index in [-0.39, 0.29) is 23.8 Å². The van der Waals surface area contributed by atoms with E-state index < -0.39 is 6.04 Å². The molecule has 0 spiro atoms. The summed E-state index contributed by atoms with van der Waals surface area (Å²) in [5.41, 5.74) is 3.93. The highest BCUT2D eigenvalue weighted by atomic mass is 16.2. The van der Waals surface area contributed by atoms with Crippen LogP contribution in [-0.4, -0.2) is 64.7 Å². The van der Waals surface area contributed by atoms with Crippen molar-refractivity contribution in [3.63, 3.8) is 0 Å². The smallest absolute Gasteiger partial charge is 0.270 e. The van der Waals surface area contributed by atoms with Gasteiger partial charge in [-0.25, -0.2) is 0 Å². The standard InChI is InChI=1S/C21H26N4O3/c1-12-4-5-16-15(13(12)2)10-18(22-16)21(28)25-9-8-14(11-25)24(3)20(27)17-6-7-19(26)23-17/h4-5,10,14,17,22H,6-9,11H2,1-3H3,(H,23,26)/t14?,17-/m0/s1. The number of nitrogens with one attached hydrogen (secondary N) is 2. The third kappa shape index (κ3) is 3.15. The Morgan fingerprint density at radius 2 is 2.00 bits per heavy atom. The van der Waals surface area contributed by atoms with Gasteiger partial charge in [-0.3, -0.25) is 14.4 Å². The predicted octanol–water partition coefficient (Wildman–Crippen LogP) is 1.74. The number of aromatic amines is 1. The number of benzene rings is 1. The lowest BCUT2D eigenvalue weighted by molar-refractivity contribution is -0.134. The summed E-state index contributed by atoms with van der Waals surface area (Å²) in [6, 6.07) is 5.53. The summed E-state index contributed by atoms with van der Waals surface area (Å²) in [6.07, 6.45) is 1.69. The van der Waals surface area contributed by atoms with E-state index in [0.717, 1.165) is 17.3 Å². The molecule has 28 heavy (non-hydrogen) atoms. The number of carbonyl (C=O) groups is 3. The molecule has 2 aliphatic heterocycles. The van der Waals surface area contributed by atoms with Crippen molar-refractivity contribution in [1.29, 1.82) is 0 Å². The van der Waals surface area contributed by atoms with E-state index in [1.807, 2.05) is 12.1 Å². The monoisotopic (exact) mass is 382 g/mol. The molecule has 2 aromatic rings. The third-order valence-electron chi connectivity index (χ3n) is 6.21. The molecule has 2 saturated heterocycles. The number of amides is 3. The van der Waals surface area contributed by atoms with Gasteiger partial charge in [-0.1, -0.05) is 6.07 Å². The minimum Gasteiger partial charge on any atom is -0.351 e. The molecule has 0 radical (unpaired) electrons.